The Kier molecular flexibility index (Phi) is 9.54. The standard InChI is InChI=1S/C21H33N7O6/c1-11(2)17(27-18(30)13(22)8-12-9-24-10-25-12)20(32)28-7-3-4-15(28)19(31)26-14(21(33)34)5-6-16(23)29/h9-11,13-15,17H,3-8,22H2,1-2H3,(H2,23,29)(H,24,25)(H,26,31)(H,27,30)(H,33,34). The van der Waals surface area contributed by atoms with E-state index in [0.29, 0.717) is 18.5 Å². The summed E-state index contributed by atoms with van der Waals surface area (Å²) in [4.78, 5) is 69.3. The van der Waals surface area contributed by atoms with Gasteiger partial charge in [-0.05, 0) is 25.2 Å². The van der Waals surface area contributed by atoms with Gasteiger partial charge in [-0.3, -0.25) is 19.2 Å². The number of carbonyl (C=O) groups is 5. The van der Waals surface area contributed by atoms with Crippen LogP contribution >= 0.6 is 0 Å². The summed E-state index contributed by atoms with van der Waals surface area (Å²) in [5, 5.41) is 14.4. The highest BCUT2D eigenvalue weighted by molar-refractivity contribution is 5.94. The van der Waals surface area contributed by atoms with E-state index in [1.165, 1.54) is 11.2 Å². The van der Waals surface area contributed by atoms with Gasteiger partial charge in [-0.2, -0.15) is 0 Å². The van der Waals surface area contributed by atoms with Crippen LogP contribution in [-0.4, -0.2) is 80.3 Å². The zero-order valence-electron chi connectivity index (χ0n) is 19.3. The maximum absolute atomic E-state index is 13.3. The highest BCUT2D eigenvalue weighted by atomic mass is 16.4. The van der Waals surface area contributed by atoms with Gasteiger partial charge in [-0.15, -0.1) is 0 Å². The number of likely N-dealkylation sites (tertiary alicyclic amines) is 1. The molecule has 0 aromatic carbocycles. The molecule has 0 aliphatic carbocycles. The van der Waals surface area contributed by atoms with E-state index in [9.17, 15) is 29.1 Å². The van der Waals surface area contributed by atoms with Gasteiger partial charge in [0.15, 0.2) is 0 Å². The summed E-state index contributed by atoms with van der Waals surface area (Å²) in [6.07, 6.45) is 3.77. The molecular formula is C21H33N7O6. The highest BCUT2D eigenvalue weighted by Gasteiger charge is 2.40. The SMILES string of the molecule is CC(C)C(NC(=O)C(N)Cc1cnc[nH]1)C(=O)N1CCCC1C(=O)NC(CCC(N)=O)C(=O)O. The van der Waals surface area contributed by atoms with E-state index in [-0.39, 0.29) is 31.7 Å². The molecule has 1 aromatic rings. The normalized spacial score (nSPS) is 18.2. The number of aromatic amines is 1. The maximum Gasteiger partial charge on any atom is 0.326 e. The number of imidazole rings is 1. The van der Waals surface area contributed by atoms with Crippen LogP contribution < -0.4 is 22.1 Å². The molecule has 2 heterocycles. The summed E-state index contributed by atoms with van der Waals surface area (Å²) in [6, 6.07) is -4.02. The number of nitrogens with zero attached hydrogens (tertiary/aromatic N) is 2. The molecule has 1 aliphatic heterocycles. The lowest BCUT2D eigenvalue weighted by Gasteiger charge is -2.31. The van der Waals surface area contributed by atoms with E-state index in [0.717, 1.165) is 0 Å². The number of rotatable bonds is 12. The average molecular weight is 480 g/mol. The number of nitrogens with one attached hydrogen (secondary N) is 3. The van der Waals surface area contributed by atoms with Crippen LogP contribution in [0.25, 0.3) is 0 Å². The molecule has 1 aliphatic rings. The first kappa shape index (κ1) is 26.8. The molecule has 1 fully saturated rings. The van der Waals surface area contributed by atoms with Crippen molar-refractivity contribution in [2.45, 2.75) is 70.1 Å². The lowest BCUT2D eigenvalue weighted by atomic mass is 10.0. The topological polar surface area (TPSA) is 214 Å². The Morgan fingerprint density at radius 2 is 1.97 bits per heavy atom. The summed E-state index contributed by atoms with van der Waals surface area (Å²) in [7, 11) is 0. The second kappa shape index (κ2) is 12.1. The zero-order chi connectivity index (χ0) is 25.4. The molecule has 0 saturated carbocycles. The maximum atomic E-state index is 13.3. The number of aliphatic carboxylic acids is 1. The fourth-order valence-electron chi connectivity index (χ4n) is 3.79. The minimum absolute atomic E-state index is 0.157. The molecular weight excluding hydrogens is 446 g/mol. The molecule has 0 radical (unpaired) electrons. The van der Waals surface area contributed by atoms with Gasteiger partial charge in [0.1, 0.15) is 18.1 Å². The Morgan fingerprint density at radius 3 is 2.53 bits per heavy atom. The lowest BCUT2D eigenvalue weighted by molar-refractivity contribution is -0.145. The molecule has 4 unspecified atom stereocenters. The van der Waals surface area contributed by atoms with Gasteiger partial charge in [0.25, 0.3) is 0 Å². The summed E-state index contributed by atoms with van der Waals surface area (Å²) < 4.78 is 0. The molecule has 0 spiro atoms. The predicted molar refractivity (Wildman–Crippen MR) is 120 cm³/mol. The van der Waals surface area contributed by atoms with Gasteiger partial charge in [-0.1, -0.05) is 13.8 Å². The molecule has 188 valence electrons. The van der Waals surface area contributed by atoms with Crippen molar-refractivity contribution in [2.24, 2.45) is 17.4 Å². The summed E-state index contributed by atoms with van der Waals surface area (Å²) in [5.41, 5.74) is 11.7. The molecule has 1 saturated heterocycles. The van der Waals surface area contributed by atoms with Gasteiger partial charge in [-0.25, -0.2) is 9.78 Å². The number of carbonyl (C=O) groups excluding carboxylic acids is 4. The van der Waals surface area contributed by atoms with Crippen LogP contribution in [0.1, 0.15) is 45.2 Å². The number of hydrogen-bond donors (Lipinski definition) is 6. The van der Waals surface area contributed by atoms with Crippen LogP contribution in [0.3, 0.4) is 0 Å². The Labute approximate surface area is 197 Å². The fourth-order valence-corrected chi connectivity index (χ4v) is 3.79. The highest BCUT2D eigenvalue weighted by Crippen LogP contribution is 2.21. The van der Waals surface area contributed by atoms with E-state index in [4.69, 9.17) is 11.5 Å². The van der Waals surface area contributed by atoms with Crippen LogP contribution in [0, 0.1) is 5.92 Å². The largest absolute Gasteiger partial charge is 0.480 e. The van der Waals surface area contributed by atoms with Crippen LogP contribution in [0.5, 0.6) is 0 Å². The fraction of sp³-hybridized carbons (Fsp3) is 0.619. The molecule has 4 amide bonds. The number of primary amides is 1. The van der Waals surface area contributed by atoms with Crippen molar-refractivity contribution >= 4 is 29.6 Å². The van der Waals surface area contributed by atoms with E-state index in [1.807, 2.05) is 0 Å². The second-order valence-corrected chi connectivity index (χ2v) is 8.71. The summed E-state index contributed by atoms with van der Waals surface area (Å²) >= 11 is 0. The first-order valence-corrected chi connectivity index (χ1v) is 11.2. The molecule has 13 nitrogen and oxygen atoms in total. The number of H-pyrrole nitrogens is 1. The number of carboxylic acids is 1. The van der Waals surface area contributed by atoms with E-state index in [1.54, 1.807) is 20.0 Å². The third-order valence-corrected chi connectivity index (χ3v) is 5.69. The number of nitrogens with two attached hydrogens (primary N) is 2. The molecule has 2 rings (SSSR count). The second-order valence-electron chi connectivity index (χ2n) is 8.71. The van der Waals surface area contributed by atoms with Gasteiger partial charge in [0, 0.05) is 31.3 Å². The van der Waals surface area contributed by atoms with Crippen molar-refractivity contribution in [1.29, 1.82) is 0 Å². The van der Waals surface area contributed by atoms with Crippen molar-refractivity contribution in [3.63, 3.8) is 0 Å². The van der Waals surface area contributed by atoms with Gasteiger partial charge in [0.05, 0.1) is 12.4 Å². The van der Waals surface area contributed by atoms with Gasteiger partial charge >= 0.3 is 5.97 Å². The number of hydrogen-bond acceptors (Lipinski definition) is 7. The Hall–Kier alpha value is -3.48. The van der Waals surface area contributed by atoms with Crippen molar-refractivity contribution in [3.8, 4) is 0 Å². The predicted octanol–water partition coefficient (Wildman–Crippen LogP) is -1.75. The molecule has 1 aromatic heterocycles. The Balaban J connectivity index is 2.06. The molecule has 8 N–H and O–H groups in total. The van der Waals surface area contributed by atoms with Crippen molar-refractivity contribution < 1.29 is 29.1 Å². The first-order valence-electron chi connectivity index (χ1n) is 11.2. The van der Waals surface area contributed by atoms with Crippen LogP contribution in [0.15, 0.2) is 12.5 Å². The van der Waals surface area contributed by atoms with Crippen molar-refractivity contribution in [1.82, 2.24) is 25.5 Å². The third-order valence-electron chi connectivity index (χ3n) is 5.69. The number of amides is 4. The molecule has 0 bridgehead atoms. The average Bonchev–Trinajstić information content (AvgIpc) is 3.45. The summed E-state index contributed by atoms with van der Waals surface area (Å²) in [5.74, 6) is -3.86. The monoisotopic (exact) mass is 479 g/mol. The van der Waals surface area contributed by atoms with Crippen molar-refractivity contribution in [3.05, 3.63) is 18.2 Å². The smallest absolute Gasteiger partial charge is 0.326 e. The van der Waals surface area contributed by atoms with Crippen LogP contribution in [0.4, 0.5) is 0 Å². The van der Waals surface area contributed by atoms with E-state index < -0.39 is 53.8 Å². The Morgan fingerprint density at radius 1 is 1.26 bits per heavy atom. The number of aromatic nitrogens is 2. The molecule has 13 heteroatoms. The lowest BCUT2D eigenvalue weighted by Crippen LogP contribution is -2.58. The van der Waals surface area contributed by atoms with Crippen LogP contribution in [-0.2, 0) is 30.4 Å². The van der Waals surface area contributed by atoms with Crippen molar-refractivity contribution in [2.75, 3.05) is 6.54 Å². The number of carboxylic acid groups (broad SMARTS) is 1. The van der Waals surface area contributed by atoms with E-state index in [2.05, 4.69) is 20.6 Å². The van der Waals surface area contributed by atoms with E-state index >= 15 is 0 Å². The van der Waals surface area contributed by atoms with Gasteiger partial charge in [0.2, 0.25) is 23.6 Å². The minimum atomic E-state index is -1.31. The third kappa shape index (κ3) is 7.27. The Bertz CT molecular complexity index is 888. The zero-order valence-corrected chi connectivity index (χ0v) is 19.3. The minimum Gasteiger partial charge on any atom is -0.480 e. The molecule has 4 atom stereocenters. The first-order chi connectivity index (χ1) is 16.0. The molecule has 34 heavy (non-hydrogen) atoms. The quantitative estimate of drug-likeness (QED) is 0.202. The van der Waals surface area contributed by atoms with Gasteiger partial charge < -0.3 is 37.1 Å². The van der Waals surface area contributed by atoms with Crippen LogP contribution in [0.2, 0.25) is 0 Å². The summed E-state index contributed by atoms with van der Waals surface area (Å²) in [6.45, 7) is 3.81.